The summed E-state index contributed by atoms with van der Waals surface area (Å²) >= 11 is 0. The van der Waals surface area contributed by atoms with Gasteiger partial charge in [0.25, 0.3) is 0 Å². The molecule has 1 aliphatic rings. The molecule has 0 amide bonds. The zero-order chi connectivity index (χ0) is 18.9. The summed E-state index contributed by atoms with van der Waals surface area (Å²) in [5.74, 6) is -0.244. The number of hydrogen-bond acceptors (Lipinski definition) is 6. The van der Waals surface area contributed by atoms with Crippen LogP contribution < -0.4 is 5.32 Å². The summed E-state index contributed by atoms with van der Waals surface area (Å²) in [5, 5.41) is 30.7. The molecule has 1 aromatic carbocycles. The molecule has 0 unspecified atom stereocenters. The molecule has 0 radical (unpaired) electrons. The average Bonchev–Trinajstić information content (AvgIpc) is 2.55. The highest BCUT2D eigenvalue weighted by molar-refractivity contribution is 5.69. The number of anilines is 1. The lowest BCUT2D eigenvalue weighted by Gasteiger charge is -2.26. The minimum Gasteiger partial charge on any atom is -0.507 e. The van der Waals surface area contributed by atoms with Crippen LogP contribution in [0.5, 0.6) is 5.75 Å². The summed E-state index contributed by atoms with van der Waals surface area (Å²) in [4.78, 5) is 4.28. The normalized spacial score (nSPS) is 20.8. The largest absolute Gasteiger partial charge is 0.507 e. The molecule has 3 N–H and O–H groups in total. The van der Waals surface area contributed by atoms with E-state index in [0.29, 0.717) is 18.2 Å². The Hall–Kier alpha value is -2.42. The van der Waals surface area contributed by atoms with Gasteiger partial charge in [-0.25, -0.2) is 4.98 Å². The number of nitrogens with zero attached hydrogens (tertiary/aromatic N) is 3. The molecule has 1 aliphatic carbocycles. The molecular weight excluding hydrogens is 349 g/mol. The summed E-state index contributed by atoms with van der Waals surface area (Å²) < 4.78 is 38.1. The quantitative estimate of drug-likeness (QED) is 0.770. The summed E-state index contributed by atoms with van der Waals surface area (Å²) in [6.07, 6.45) is -1.71. The van der Waals surface area contributed by atoms with Crippen LogP contribution in [0.4, 0.5) is 19.1 Å². The molecule has 0 aliphatic heterocycles. The fourth-order valence-electron chi connectivity index (χ4n) is 3.10. The molecule has 1 saturated carbocycles. The van der Waals surface area contributed by atoms with Crippen molar-refractivity contribution < 1.29 is 23.4 Å². The molecule has 3 rings (SSSR count). The van der Waals surface area contributed by atoms with Gasteiger partial charge >= 0.3 is 6.18 Å². The van der Waals surface area contributed by atoms with Crippen LogP contribution in [0.15, 0.2) is 18.2 Å². The van der Waals surface area contributed by atoms with E-state index >= 15 is 0 Å². The zero-order valence-corrected chi connectivity index (χ0v) is 14.1. The smallest absolute Gasteiger partial charge is 0.416 e. The van der Waals surface area contributed by atoms with Crippen molar-refractivity contribution in [3.63, 3.8) is 0 Å². The average molecular weight is 368 g/mol. The molecule has 1 heterocycles. The Balaban J connectivity index is 1.81. The van der Waals surface area contributed by atoms with Crippen molar-refractivity contribution in [2.24, 2.45) is 0 Å². The number of aliphatic hydroxyl groups is 1. The van der Waals surface area contributed by atoms with Crippen molar-refractivity contribution in [1.29, 1.82) is 0 Å². The Kier molecular flexibility index (Phi) is 4.99. The third-order valence-electron chi connectivity index (χ3n) is 4.42. The van der Waals surface area contributed by atoms with E-state index in [-0.39, 0.29) is 29.4 Å². The van der Waals surface area contributed by atoms with Crippen LogP contribution in [0, 0.1) is 6.92 Å². The SMILES string of the molecule is Cc1nc(N[C@@H]2CCC[C@H](O)C2)nnc1-c1ccc(C(F)(F)F)cc1O. The van der Waals surface area contributed by atoms with Crippen molar-refractivity contribution in [2.45, 2.75) is 50.9 Å². The topological polar surface area (TPSA) is 91.2 Å². The maximum atomic E-state index is 12.7. The molecule has 9 heteroatoms. The second kappa shape index (κ2) is 7.06. The number of rotatable bonds is 3. The number of benzene rings is 1. The molecule has 26 heavy (non-hydrogen) atoms. The van der Waals surface area contributed by atoms with E-state index in [4.69, 9.17) is 0 Å². The first-order chi connectivity index (χ1) is 12.2. The van der Waals surface area contributed by atoms with Gasteiger partial charge in [-0.1, -0.05) is 0 Å². The highest BCUT2D eigenvalue weighted by Gasteiger charge is 2.31. The fourth-order valence-corrected chi connectivity index (χ4v) is 3.10. The third-order valence-corrected chi connectivity index (χ3v) is 4.42. The van der Waals surface area contributed by atoms with E-state index in [1.165, 1.54) is 0 Å². The predicted molar refractivity (Wildman–Crippen MR) is 88.6 cm³/mol. The number of phenols is 1. The first-order valence-electron chi connectivity index (χ1n) is 8.30. The van der Waals surface area contributed by atoms with Crippen LogP contribution in [0.2, 0.25) is 0 Å². The number of halogens is 3. The Labute approximate surface area is 148 Å². The lowest BCUT2D eigenvalue weighted by molar-refractivity contribution is -0.137. The Morgan fingerprint density at radius 2 is 1.96 bits per heavy atom. The van der Waals surface area contributed by atoms with Crippen molar-refractivity contribution in [1.82, 2.24) is 15.2 Å². The molecule has 0 bridgehead atoms. The lowest BCUT2D eigenvalue weighted by atomic mass is 9.93. The van der Waals surface area contributed by atoms with Crippen LogP contribution >= 0.6 is 0 Å². The standard InChI is InChI=1S/C17H19F3N4O2/c1-9-15(13-6-5-10(7-14(13)26)17(18,19)20)23-24-16(21-9)22-11-3-2-4-12(25)8-11/h5-7,11-12,25-26H,2-4,8H2,1H3,(H,21,22,24)/t11-,12+/m1/s1. The highest BCUT2D eigenvalue weighted by Crippen LogP contribution is 2.36. The van der Waals surface area contributed by atoms with E-state index in [1.807, 2.05) is 0 Å². The van der Waals surface area contributed by atoms with E-state index in [2.05, 4.69) is 20.5 Å². The van der Waals surface area contributed by atoms with Crippen molar-refractivity contribution in [3.8, 4) is 17.0 Å². The van der Waals surface area contributed by atoms with Gasteiger partial charge in [0.05, 0.1) is 17.4 Å². The number of alkyl halides is 3. The zero-order valence-electron chi connectivity index (χ0n) is 14.1. The van der Waals surface area contributed by atoms with Gasteiger partial charge < -0.3 is 15.5 Å². The summed E-state index contributed by atoms with van der Waals surface area (Å²) in [6, 6.07) is 2.74. The molecule has 6 nitrogen and oxygen atoms in total. The number of aryl methyl sites for hydroxylation is 1. The number of phenolic OH excluding ortho intramolecular Hbond substituents is 1. The van der Waals surface area contributed by atoms with Crippen molar-refractivity contribution in [2.75, 3.05) is 5.32 Å². The first-order valence-corrected chi connectivity index (χ1v) is 8.30. The van der Waals surface area contributed by atoms with Gasteiger partial charge in [0.15, 0.2) is 0 Å². The second-order valence-electron chi connectivity index (χ2n) is 6.46. The van der Waals surface area contributed by atoms with Gasteiger partial charge in [0, 0.05) is 11.6 Å². The fraction of sp³-hybridized carbons (Fsp3) is 0.471. The van der Waals surface area contributed by atoms with Crippen LogP contribution in [0.25, 0.3) is 11.3 Å². The Morgan fingerprint density at radius 3 is 2.58 bits per heavy atom. The number of nitrogens with one attached hydrogen (secondary N) is 1. The van der Waals surface area contributed by atoms with Crippen LogP contribution in [-0.4, -0.2) is 37.5 Å². The van der Waals surface area contributed by atoms with Crippen LogP contribution in [0.3, 0.4) is 0 Å². The molecule has 0 spiro atoms. The number of hydrogen-bond donors (Lipinski definition) is 3. The minimum atomic E-state index is -4.53. The van der Waals surface area contributed by atoms with Gasteiger partial charge in [-0.2, -0.15) is 13.2 Å². The number of aromatic hydroxyl groups is 1. The monoisotopic (exact) mass is 368 g/mol. The summed E-state index contributed by atoms with van der Waals surface area (Å²) in [7, 11) is 0. The molecular formula is C17H19F3N4O2. The van der Waals surface area contributed by atoms with E-state index in [9.17, 15) is 23.4 Å². The number of aromatic nitrogens is 3. The third kappa shape index (κ3) is 4.04. The molecule has 2 aromatic rings. The van der Waals surface area contributed by atoms with Gasteiger partial charge in [-0.05, 0) is 50.8 Å². The lowest BCUT2D eigenvalue weighted by Crippen LogP contribution is -2.30. The van der Waals surface area contributed by atoms with Gasteiger partial charge in [0.2, 0.25) is 5.95 Å². The summed E-state index contributed by atoms with van der Waals surface area (Å²) in [6.45, 7) is 1.64. The second-order valence-corrected chi connectivity index (χ2v) is 6.46. The van der Waals surface area contributed by atoms with E-state index in [0.717, 1.165) is 31.4 Å². The van der Waals surface area contributed by atoms with Gasteiger partial charge in [-0.3, -0.25) is 0 Å². The predicted octanol–water partition coefficient (Wildman–Crippen LogP) is 3.29. The van der Waals surface area contributed by atoms with Gasteiger partial charge in [0.1, 0.15) is 11.4 Å². The minimum absolute atomic E-state index is 0.0465. The van der Waals surface area contributed by atoms with Crippen LogP contribution in [-0.2, 0) is 6.18 Å². The molecule has 0 saturated heterocycles. The maximum absolute atomic E-state index is 12.7. The highest BCUT2D eigenvalue weighted by atomic mass is 19.4. The molecule has 1 aromatic heterocycles. The molecule has 140 valence electrons. The van der Waals surface area contributed by atoms with Crippen LogP contribution in [0.1, 0.15) is 36.9 Å². The first kappa shape index (κ1) is 18.4. The van der Waals surface area contributed by atoms with E-state index in [1.54, 1.807) is 6.92 Å². The molecule has 1 fully saturated rings. The van der Waals surface area contributed by atoms with Crippen molar-refractivity contribution in [3.05, 3.63) is 29.5 Å². The summed E-state index contributed by atoms with van der Waals surface area (Å²) in [5.41, 5.74) is -0.166. The number of aliphatic hydroxyl groups excluding tert-OH is 1. The Morgan fingerprint density at radius 1 is 1.19 bits per heavy atom. The van der Waals surface area contributed by atoms with E-state index < -0.39 is 17.5 Å². The Bertz CT molecular complexity index is 798. The molecule has 2 atom stereocenters. The van der Waals surface area contributed by atoms with Crippen molar-refractivity contribution >= 4 is 5.95 Å². The van der Waals surface area contributed by atoms with Gasteiger partial charge in [-0.15, -0.1) is 10.2 Å². The maximum Gasteiger partial charge on any atom is 0.416 e.